The zero-order chi connectivity index (χ0) is 15.1. The molecular weight excluding hydrogens is 268 g/mol. The summed E-state index contributed by atoms with van der Waals surface area (Å²) in [5, 5.41) is 0. The minimum atomic E-state index is 0.0998. The first-order chi connectivity index (χ1) is 10.2. The van der Waals surface area contributed by atoms with E-state index in [1.165, 1.54) is 0 Å². The molecule has 0 radical (unpaired) electrons. The third-order valence-electron chi connectivity index (χ3n) is 4.51. The van der Waals surface area contributed by atoms with Gasteiger partial charge >= 0.3 is 0 Å². The van der Waals surface area contributed by atoms with Crippen LogP contribution < -0.4 is 0 Å². The fourth-order valence-electron chi connectivity index (χ4n) is 3.10. The summed E-state index contributed by atoms with van der Waals surface area (Å²) in [6, 6.07) is 0. The lowest BCUT2D eigenvalue weighted by Crippen LogP contribution is -2.47. The zero-order valence-corrected chi connectivity index (χ0v) is 13.2. The molecule has 120 valence electrons. The molecule has 5 nitrogen and oxygen atoms in total. The Morgan fingerprint density at radius 1 is 1.00 bits per heavy atom. The summed E-state index contributed by atoms with van der Waals surface area (Å²) in [6.07, 6.45) is 5.55. The first-order valence-corrected chi connectivity index (χ1v) is 8.36. The highest BCUT2D eigenvalue weighted by atomic mass is 16.5. The number of amides is 2. The maximum absolute atomic E-state index is 12.4. The number of nitrogens with zero attached hydrogens (tertiary/aromatic N) is 2. The lowest BCUT2D eigenvalue weighted by Gasteiger charge is -2.35. The molecule has 2 saturated heterocycles. The summed E-state index contributed by atoms with van der Waals surface area (Å²) in [6.45, 7) is 6.37. The average Bonchev–Trinajstić information content (AvgIpc) is 2.55. The lowest BCUT2D eigenvalue weighted by molar-refractivity contribution is -0.143. The van der Waals surface area contributed by atoms with Crippen LogP contribution in [0.15, 0.2) is 0 Å². The first-order valence-electron chi connectivity index (χ1n) is 8.36. The molecule has 0 aliphatic carbocycles. The minimum Gasteiger partial charge on any atom is -0.378 e. The number of carbonyl (C=O) groups excluding carboxylic acids is 2. The van der Waals surface area contributed by atoms with E-state index in [1.54, 1.807) is 0 Å². The van der Waals surface area contributed by atoms with E-state index < -0.39 is 0 Å². The van der Waals surface area contributed by atoms with Crippen LogP contribution in [0, 0.1) is 5.92 Å². The summed E-state index contributed by atoms with van der Waals surface area (Å²) in [5.74, 6) is 0.625. The van der Waals surface area contributed by atoms with Gasteiger partial charge < -0.3 is 14.5 Å². The second-order valence-electron chi connectivity index (χ2n) is 6.05. The number of unbranched alkanes of at least 4 members (excludes halogenated alkanes) is 2. The topological polar surface area (TPSA) is 49.9 Å². The van der Waals surface area contributed by atoms with Crippen molar-refractivity contribution >= 4 is 11.8 Å². The third kappa shape index (κ3) is 4.70. The van der Waals surface area contributed by atoms with E-state index in [-0.39, 0.29) is 17.7 Å². The highest BCUT2D eigenvalue weighted by Gasteiger charge is 2.30. The van der Waals surface area contributed by atoms with Crippen molar-refractivity contribution in [2.24, 2.45) is 5.92 Å². The van der Waals surface area contributed by atoms with Gasteiger partial charge in [0, 0.05) is 38.5 Å². The van der Waals surface area contributed by atoms with Crippen LogP contribution in [0.1, 0.15) is 45.4 Å². The number of likely N-dealkylation sites (tertiary alicyclic amines) is 1. The fraction of sp³-hybridized carbons (Fsp3) is 0.875. The number of ether oxygens (including phenoxy) is 1. The van der Waals surface area contributed by atoms with Crippen LogP contribution in [0.2, 0.25) is 0 Å². The maximum atomic E-state index is 12.4. The highest BCUT2D eigenvalue weighted by molar-refractivity contribution is 5.80. The molecule has 2 aliphatic rings. The number of hydrogen-bond acceptors (Lipinski definition) is 3. The van der Waals surface area contributed by atoms with Gasteiger partial charge in [0.05, 0.1) is 13.2 Å². The average molecular weight is 296 g/mol. The monoisotopic (exact) mass is 296 g/mol. The molecule has 2 aliphatic heterocycles. The van der Waals surface area contributed by atoms with Crippen LogP contribution in [0.3, 0.4) is 0 Å². The Hall–Kier alpha value is -1.10. The van der Waals surface area contributed by atoms with E-state index in [1.807, 2.05) is 9.80 Å². The SMILES string of the molecule is CCCCCC(=O)N1CCC(C(=O)N2CCOCC2)CC1. The van der Waals surface area contributed by atoms with Crippen molar-refractivity contribution in [3.63, 3.8) is 0 Å². The Kier molecular flexibility index (Phi) is 6.49. The molecule has 0 aromatic rings. The quantitative estimate of drug-likeness (QED) is 0.725. The van der Waals surface area contributed by atoms with Gasteiger partial charge in [0.1, 0.15) is 0 Å². The van der Waals surface area contributed by atoms with E-state index in [4.69, 9.17) is 4.74 Å². The molecule has 0 bridgehead atoms. The van der Waals surface area contributed by atoms with Crippen molar-refractivity contribution in [3.8, 4) is 0 Å². The molecule has 2 rings (SSSR count). The highest BCUT2D eigenvalue weighted by Crippen LogP contribution is 2.21. The molecule has 2 amide bonds. The Bertz CT molecular complexity index is 345. The Labute approximate surface area is 127 Å². The van der Waals surface area contributed by atoms with Crippen LogP contribution in [-0.2, 0) is 14.3 Å². The summed E-state index contributed by atoms with van der Waals surface area (Å²) in [4.78, 5) is 28.3. The molecule has 0 unspecified atom stereocenters. The number of morpholine rings is 1. The van der Waals surface area contributed by atoms with Crippen molar-refractivity contribution in [1.82, 2.24) is 9.80 Å². The lowest BCUT2D eigenvalue weighted by atomic mass is 9.94. The van der Waals surface area contributed by atoms with Gasteiger partial charge in [-0.25, -0.2) is 0 Å². The van der Waals surface area contributed by atoms with Gasteiger partial charge in [-0.2, -0.15) is 0 Å². The van der Waals surface area contributed by atoms with E-state index in [9.17, 15) is 9.59 Å². The van der Waals surface area contributed by atoms with Gasteiger partial charge in [-0.1, -0.05) is 19.8 Å². The van der Waals surface area contributed by atoms with Crippen molar-refractivity contribution in [2.45, 2.75) is 45.4 Å². The van der Waals surface area contributed by atoms with E-state index in [0.29, 0.717) is 19.6 Å². The van der Waals surface area contributed by atoms with Crippen LogP contribution in [0.4, 0.5) is 0 Å². The minimum absolute atomic E-state index is 0.0998. The molecular formula is C16H28N2O3. The van der Waals surface area contributed by atoms with Crippen LogP contribution in [-0.4, -0.2) is 61.0 Å². The van der Waals surface area contributed by atoms with Crippen molar-refractivity contribution in [3.05, 3.63) is 0 Å². The molecule has 0 aromatic heterocycles. The van der Waals surface area contributed by atoms with Gasteiger partial charge in [-0.15, -0.1) is 0 Å². The van der Waals surface area contributed by atoms with Gasteiger partial charge in [-0.3, -0.25) is 9.59 Å². The molecule has 0 aromatic carbocycles. The molecule has 0 spiro atoms. The van der Waals surface area contributed by atoms with Gasteiger partial charge in [0.25, 0.3) is 0 Å². The zero-order valence-electron chi connectivity index (χ0n) is 13.2. The van der Waals surface area contributed by atoms with E-state index >= 15 is 0 Å². The van der Waals surface area contributed by atoms with Gasteiger partial charge in [-0.05, 0) is 19.3 Å². The summed E-state index contributed by atoms with van der Waals surface area (Å²) < 4.78 is 5.29. The third-order valence-corrected chi connectivity index (χ3v) is 4.51. The van der Waals surface area contributed by atoms with Gasteiger partial charge in [0.2, 0.25) is 11.8 Å². The normalized spacial score (nSPS) is 20.6. The molecule has 5 heteroatoms. The number of hydrogen-bond donors (Lipinski definition) is 0. The van der Waals surface area contributed by atoms with E-state index in [2.05, 4.69) is 6.92 Å². The molecule has 21 heavy (non-hydrogen) atoms. The van der Waals surface area contributed by atoms with Gasteiger partial charge in [0.15, 0.2) is 0 Å². The van der Waals surface area contributed by atoms with E-state index in [0.717, 1.165) is 58.3 Å². The predicted octanol–water partition coefficient (Wildman–Crippen LogP) is 1.66. The summed E-state index contributed by atoms with van der Waals surface area (Å²) in [5.41, 5.74) is 0. The van der Waals surface area contributed by atoms with Crippen molar-refractivity contribution in [2.75, 3.05) is 39.4 Å². The largest absolute Gasteiger partial charge is 0.378 e. The molecule has 0 atom stereocenters. The van der Waals surface area contributed by atoms with Crippen molar-refractivity contribution < 1.29 is 14.3 Å². The summed E-state index contributed by atoms with van der Waals surface area (Å²) >= 11 is 0. The van der Waals surface area contributed by atoms with Crippen molar-refractivity contribution in [1.29, 1.82) is 0 Å². The number of rotatable bonds is 5. The molecule has 0 saturated carbocycles. The number of piperidine rings is 1. The van der Waals surface area contributed by atoms with Crippen LogP contribution in [0.25, 0.3) is 0 Å². The second kappa shape index (κ2) is 8.37. The Morgan fingerprint density at radius 2 is 1.67 bits per heavy atom. The maximum Gasteiger partial charge on any atom is 0.225 e. The molecule has 2 fully saturated rings. The first kappa shape index (κ1) is 16.3. The van der Waals surface area contributed by atoms with Crippen LogP contribution >= 0.6 is 0 Å². The summed E-state index contributed by atoms with van der Waals surface area (Å²) in [7, 11) is 0. The standard InChI is InChI=1S/C16H28N2O3/c1-2-3-4-5-15(19)17-8-6-14(7-9-17)16(20)18-10-12-21-13-11-18/h14H,2-13H2,1H3. The fourth-order valence-corrected chi connectivity index (χ4v) is 3.10. The molecule has 0 N–H and O–H groups in total. The van der Waals surface area contributed by atoms with Crippen LogP contribution in [0.5, 0.6) is 0 Å². The smallest absolute Gasteiger partial charge is 0.225 e. The molecule has 2 heterocycles. The Balaban J connectivity index is 1.72. The second-order valence-corrected chi connectivity index (χ2v) is 6.05. The Morgan fingerprint density at radius 3 is 2.29 bits per heavy atom. The number of carbonyl (C=O) groups is 2. The predicted molar refractivity (Wildman–Crippen MR) is 80.8 cm³/mol.